The number of unbranched alkanes of at least 4 members (excludes halogenated alkanes) is 3. The van der Waals surface area contributed by atoms with Crippen LogP contribution in [-0.2, 0) is 0 Å². The standard InChI is InChI=1S/C10H19N2O/c1-2-3-4-5-8-12-9-6-7-11-10(12)13/h2-9H2,1H3. The minimum Gasteiger partial charge on any atom is -0.323 e. The summed E-state index contributed by atoms with van der Waals surface area (Å²) in [5.41, 5.74) is 0. The van der Waals surface area contributed by atoms with E-state index in [1.807, 2.05) is 4.90 Å². The molecule has 75 valence electrons. The maximum atomic E-state index is 11.2. The lowest BCUT2D eigenvalue weighted by molar-refractivity contribution is 0.183. The first-order valence-electron chi connectivity index (χ1n) is 5.31. The average Bonchev–Trinajstić information content (AvgIpc) is 2.15. The number of nitrogens with zero attached hydrogens (tertiary/aromatic N) is 2. The number of rotatable bonds is 5. The lowest BCUT2D eigenvalue weighted by Gasteiger charge is -2.25. The molecule has 0 N–H and O–H groups in total. The molecule has 3 nitrogen and oxygen atoms in total. The van der Waals surface area contributed by atoms with Gasteiger partial charge in [-0.1, -0.05) is 26.2 Å². The molecule has 0 saturated carbocycles. The molecule has 0 atom stereocenters. The van der Waals surface area contributed by atoms with Crippen molar-refractivity contribution in [3.63, 3.8) is 0 Å². The van der Waals surface area contributed by atoms with Crippen LogP contribution in [0.25, 0.3) is 0 Å². The fourth-order valence-corrected chi connectivity index (χ4v) is 1.57. The van der Waals surface area contributed by atoms with E-state index < -0.39 is 0 Å². The molecule has 3 heteroatoms. The topological polar surface area (TPSA) is 34.4 Å². The average molecular weight is 183 g/mol. The van der Waals surface area contributed by atoms with E-state index >= 15 is 0 Å². The summed E-state index contributed by atoms with van der Waals surface area (Å²) in [6.45, 7) is 4.74. The molecule has 1 rings (SSSR count). The van der Waals surface area contributed by atoms with Crippen molar-refractivity contribution in [3.05, 3.63) is 0 Å². The Morgan fingerprint density at radius 2 is 2.23 bits per heavy atom. The minimum absolute atomic E-state index is 0.00254. The van der Waals surface area contributed by atoms with E-state index in [0.29, 0.717) is 0 Å². The van der Waals surface area contributed by atoms with Crippen LogP contribution in [0.15, 0.2) is 0 Å². The van der Waals surface area contributed by atoms with Gasteiger partial charge in [-0.15, -0.1) is 0 Å². The van der Waals surface area contributed by atoms with E-state index in [1.165, 1.54) is 19.3 Å². The predicted octanol–water partition coefficient (Wildman–Crippen LogP) is 2.00. The molecule has 1 radical (unpaired) electrons. The summed E-state index contributed by atoms with van der Waals surface area (Å²) in [7, 11) is 0. The quantitative estimate of drug-likeness (QED) is 0.600. The van der Waals surface area contributed by atoms with Gasteiger partial charge in [-0.2, -0.15) is 0 Å². The second-order valence-electron chi connectivity index (χ2n) is 3.57. The number of amides is 2. The second kappa shape index (κ2) is 5.84. The highest BCUT2D eigenvalue weighted by molar-refractivity contribution is 5.74. The van der Waals surface area contributed by atoms with Gasteiger partial charge in [0.2, 0.25) is 0 Å². The van der Waals surface area contributed by atoms with Crippen LogP contribution in [0.3, 0.4) is 0 Å². The van der Waals surface area contributed by atoms with Crippen molar-refractivity contribution in [2.24, 2.45) is 0 Å². The lowest BCUT2D eigenvalue weighted by atomic mass is 10.2. The zero-order valence-corrected chi connectivity index (χ0v) is 8.46. The first-order valence-corrected chi connectivity index (χ1v) is 5.31. The van der Waals surface area contributed by atoms with Crippen LogP contribution < -0.4 is 5.32 Å². The Morgan fingerprint density at radius 1 is 1.38 bits per heavy atom. The Balaban J connectivity index is 2.08. The molecule has 0 bridgehead atoms. The zero-order chi connectivity index (χ0) is 9.52. The molecule has 0 aromatic rings. The monoisotopic (exact) mass is 183 g/mol. The largest absolute Gasteiger partial charge is 0.338 e. The highest BCUT2D eigenvalue weighted by atomic mass is 16.2. The number of hydrogen-bond acceptors (Lipinski definition) is 1. The number of hydrogen-bond donors (Lipinski definition) is 0. The first kappa shape index (κ1) is 10.4. The third kappa shape index (κ3) is 3.66. The Labute approximate surface area is 80.5 Å². The molecule has 1 fully saturated rings. The van der Waals surface area contributed by atoms with Gasteiger partial charge in [0.15, 0.2) is 0 Å². The Bertz CT molecular complexity index is 159. The Morgan fingerprint density at radius 3 is 2.92 bits per heavy atom. The smallest absolute Gasteiger partial charge is 0.323 e. The minimum atomic E-state index is 0.00254. The van der Waals surface area contributed by atoms with E-state index in [0.717, 1.165) is 32.5 Å². The van der Waals surface area contributed by atoms with Gasteiger partial charge in [-0.3, -0.25) is 0 Å². The maximum absolute atomic E-state index is 11.2. The van der Waals surface area contributed by atoms with Crippen LogP contribution in [0.1, 0.15) is 39.0 Å². The van der Waals surface area contributed by atoms with Gasteiger partial charge in [0.1, 0.15) is 0 Å². The fourth-order valence-electron chi connectivity index (χ4n) is 1.57. The SMILES string of the molecule is CCCCCCN1CCC[N]C1=O. The van der Waals surface area contributed by atoms with Crippen LogP contribution >= 0.6 is 0 Å². The summed E-state index contributed by atoms with van der Waals surface area (Å²) in [5, 5.41) is 3.90. The molecule has 2 amide bonds. The van der Waals surface area contributed by atoms with Gasteiger partial charge in [-0.25, -0.2) is 10.1 Å². The van der Waals surface area contributed by atoms with Crippen LogP contribution in [-0.4, -0.2) is 30.6 Å². The van der Waals surface area contributed by atoms with E-state index in [-0.39, 0.29) is 6.03 Å². The van der Waals surface area contributed by atoms with Gasteiger partial charge in [0.25, 0.3) is 0 Å². The van der Waals surface area contributed by atoms with Crippen molar-refractivity contribution in [1.29, 1.82) is 0 Å². The van der Waals surface area contributed by atoms with E-state index in [9.17, 15) is 4.79 Å². The highest BCUT2D eigenvalue weighted by Crippen LogP contribution is 2.05. The lowest BCUT2D eigenvalue weighted by Crippen LogP contribution is -2.42. The van der Waals surface area contributed by atoms with Crippen LogP contribution in [0.2, 0.25) is 0 Å². The molecule has 0 aromatic carbocycles. The Kier molecular flexibility index (Phi) is 4.65. The third-order valence-corrected chi connectivity index (χ3v) is 2.39. The van der Waals surface area contributed by atoms with Crippen LogP contribution in [0.4, 0.5) is 4.79 Å². The number of carbonyl (C=O) groups excluding carboxylic acids is 1. The van der Waals surface area contributed by atoms with Crippen LogP contribution in [0.5, 0.6) is 0 Å². The molecule has 0 aliphatic carbocycles. The molecule has 1 saturated heterocycles. The van der Waals surface area contributed by atoms with E-state index in [1.54, 1.807) is 0 Å². The molecule has 1 aliphatic heterocycles. The van der Waals surface area contributed by atoms with Crippen molar-refractivity contribution in [2.75, 3.05) is 19.6 Å². The highest BCUT2D eigenvalue weighted by Gasteiger charge is 2.17. The summed E-state index contributed by atoms with van der Waals surface area (Å²) in [6, 6.07) is 0.00254. The summed E-state index contributed by atoms with van der Waals surface area (Å²) >= 11 is 0. The van der Waals surface area contributed by atoms with Crippen molar-refractivity contribution >= 4 is 6.03 Å². The fraction of sp³-hybridized carbons (Fsp3) is 0.900. The molecule has 1 heterocycles. The van der Waals surface area contributed by atoms with E-state index in [2.05, 4.69) is 12.2 Å². The van der Waals surface area contributed by atoms with Gasteiger partial charge < -0.3 is 4.90 Å². The van der Waals surface area contributed by atoms with Crippen molar-refractivity contribution in [3.8, 4) is 0 Å². The normalized spacial score (nSPS) is 17.3. The van der Waals surface area contributed by atoms with Crippen LogP contribution in [0, 0.1) is 0 Å². The summed E-state index contributed by atoms with van der Waals surface area (Å²) in [4.78, 5) is 13.1. The third-order valence-electron chi connectivity index (χ3n) is 2.39. The second-order valence-corrected chi connectivity index (χ2v) is 3.57. The van der Waals surface area contributed by atoms with Crippen molar-refractivity contribution in [2.45, 2.75) is 39.0 Å². The van der Waals surface area contributed by atoms with E-state index in [4.69, 9.17) is 0 Å². The summed E-state index contributed by atoms with van der Waals surface area (Å²) in [5.74, 6) is 0. The Hall–Kier alpha value is -0.730. The molecule has 13 heavy (non-hydrogen) atoms. The predicted molar refractivity (Wildman–Crippen MR) is 52.7 cm³/mol. The van der Waals surface area contributed by atoms with Gasteiger partial charge in [-0.05, 0) is 12.8 Å². The van der Waals surface area contributed by atoms with Crippen molar-refractivity contribution < 1.29 is 4.79 Å². The molecule has 0 unspecified atom stereocenters. The van der Waals surface area contributed by atoms with Gasteiger partial charge in [0.05, 0.1) is 0 Å². The summed E-state index contributed by atoms with van der Waals surface area (Å²) in [6.07, 6.45) is 5.94. The molecule has 0 aromatic heterocycles. The van der Waals surface area contributed by atoms with Crippen molar-refractivity contribution in [1.82, 2.24) is 10.2 Å². The molecule has 1 aliphatic rings. The zero-order valence-electron chi connectivity index (χ0n) is 8.46. The van der Waals surface area contributed by atoms with Gasteiger partial charge in [0, 0.05) is 19.6 Å². The molecular weight excluding hydrogens is 164 g/mol. The maximum Gasteiger partial charge on any atom is 0.338 e. The van der Waals surface area contributed by atoms with Gasteiger partial charge >= 0.3 is 6.03 Å². The summed E-state index contributed by atoms with van der Waals surface area (Å²) < 4.78 is 0. The molecular formula is C10H19N2O. The number of carbonyl (C=O) groups is 1. The first-order chi connectivity index (χ1) is 6.34. The number of urea groups is 1. The molecule has 0 spiro atoms.